The number of halogens is 1. The maximum absolute atomic E-state index is 10.7. The minimum atomic E-state index is -0.972. The first kappa shape index (κ1) is 13.5. The first-order chi connectivity index (χ1) is 9.06. The van der Waals surface area contributed by atoms with Gasteiger partial charge in [0.2, 0.25) is 0 Å². The lowest BCUT2D eigenvalue weighted by Gasteiger charge is -2.15. The highest BCUT2D eigenvalue weighted by Crippen LogP contribution is 2.20. The molecule has 1 atom stereocenters. The second-order valence-electron chi connectivity index (χ2n) is 4.15. The molecule has 0 amide bonds. The number of carboxylic acid groups (broad SMARTS) is 1. The summed E-state index contributed by atoms with van der Waals surface area (Å²) in [7, 11) is 0. The molecule has 0 saturated carbocycles. The van der Waals surface area contributed by atoms with Crippen molar-refractivity contribution in [1.82, 2.24) is 4.98 Å². The standard InChI is InChI=1S/C14H13BrN2O2/c1-9(10-2-5-12(15)6-3-10)17-13-7-4-11(8-16-13)14(18)19/h2-9H,1H3,(H,16,17)(H,18,19). The van der Waals surface area contributed by atoms with Crippen LogP contribution >= 0.6 is 15.9 Å². The van der Waals surface area contributed by atoms with E-state index in [9.17, 15) is 4.79 Å². The molecule has 0 aliphatic carbocycles. The van der Waals surface area contributed by atoms with Crippen LogP contribution in [0, 0.1) is 0 Å². The van der Waals surface area contributed by atoms with Crippen molar-refractivity contribution in [2.45, 2.75) is 13.0 Å². The van der Waals surface area contributed by atoms with Crippen LogP contribution in [0.1, 0.15) is 28.9 Å². The van der Waals surface area contributed by atoms with Crippen LogP contribution in [0.3, 0.4) is 0 Å². The van der Waals surface area contributed by atoms with E-state index >= 15 is 0 Å². The summed E-state index contributed by atoms with van der Waals surface area (Å²) in [6, 6.07) is 11.3. The number of aromatic nitrogens is 1. The Bertz CT molecular complexity index is 567. The average Bonchev–Trinajstić information content (AvgIpc) is 2.40. The molecule has 0 aliphatic heterocycles. The minimum absolute atomic E-state index is 0.0938. The van der Waals surface area contributed by atoms with Crippen LogP contribution in [-0.2, 0) is 0 Å². The zero-order valence-electron chi connectivity index (χ0n) is 10.3. The molecule has 1 unspecified atom stereocenters. The van der Waals surface area contributed by atoms with E-state index < -0.39 is 5.97 Å². The SMILES string of the molecule is CC(Nc1ccc(C(=O)O)cn1)c1ccc(Br)cc1. The number of carbonyl (C=O) groups is 1. The van der Waals surface area contributed by atoms with Crippen LogP contribution in [0.5, 0.6) is 0 Å². The summed E-state index contributed by atoms with van der Waals surface area (Å²) in [5, 5.41) is 12.0. The Hall–Kier alpha value is -1.88. The van der Waals surface area contributed by atoms with Gasteiger partial charge in [-0.15, -0.1) is 0 Å². The highest BCUT2D eigenvalue weighted by molar-refractivity contribution is 9.10. The van der Waals surface area contributed by atoms with Gasteiger partial charge in [0.25, 0.3) is 0 Å². The van der Waals surface area contributed by atoms with Gasteiger partial charge >= 0.3 is 5.97 Å². The first-order valence-corrected chi connectivity index (χ1v) is 6.57. The third-order valence-corrected chi connectivity index (χ3v) is 3.27. The van der Waals surface area contributed by atoms with E-state index in [1.807, 2.05) is 31.2 Å². The molecule has 1 heterocycles. The van der Waals surface area contributed by atoms with Crippen molar-refractivity contribution in [2.24, 2.45) is 0 Å². The highest BCUT2D eigenvalue weighted by Gasteiger charge is 2.07. The molecule has 2 rings (SSSR count). The summed E-state index contributed by atoms with van der Waals surface area (Å²) in [5.74, 6) is -0.319. The predicted molar refractivity (Wildman–Crippen MR) is 77.4 cm³/mol. The molecule has 5 heteroatoms. The Morgan fingerprint density at radius 2 is 1.95 bits per heavy atom. The highest BCUT2D eigenvalue weighted by atomic mass is 79.9. The maximum atomic E-state index is 10.7. The summed E-state index contributed by atoms with van der Waals surface area (Å²) in [6.45, 7) is 2.02. The second-order valence-corrected chi connectivity index (χ2v) is 5.07. The lowest BCUT2D eigenvalue weighted by Crippen LogP contribution is -2.08. The molecule has 0 radical (unpaired) electrons. The Balaban J connectivity index is 2.08. The molecule has 0 bridgehead atoms. The number of aromatic carboxylic acids is 1. The van der Waals surface area contributed by atoms with Crippen molar-refractivity contribution in [3.8, 4) is 0 Å². The lowest BCUT2D eigenvalue weighted by molar-refractivity contribution is 0.0696. The van der Waals surface area contributed by atoms with Crippen LogP contribution in [0.2, 0.25) is 0 Å². The van der Waals surface area contributed by atoms with Gasteiger partial charge in [0.05, 0.1) is 5.56 Å². The molecule has 0 aliphatic rings. The van der Waals surface area contributed by atoms with Gasteiger partial charge in [-0.2, -0.15) is 0 Å². The molecular weight excluding hydrogens is 308 g/mol. The summed E-state index contributed by atoms with van der Waals surface area (Å²) >= 11 is 3.39. The molecular formula is C14H13BrN2O2. The molecule has 0 saturated heterocycles. The second kappa shape index (κ2) is 5.84. The number of rotatable bonds is 4. The van der Waals surface area contributed by atoms with Gasteiger partial charge in [-0.25, -0.2) is 9.78 Å². The fourth-order valence-electron chi connectivity index (χ4n) is 1.66. The van der Waals surface area contributed by atoms with Crippen molar-refractivity contribution in [1.29, 1.82) is 0 Å². The smallest absolute Gasteiger partial charge is 0.337 e. The molecule has 19 heavy (non-hydrogen) atoms. The largest absolute Gasteiger partial charge is 0.478 e. The molecule has 1 aromatic carbocycles. The fourth-order valence-corrected chi connectivity index (χ4v) is 1.93. The predicted octanol–water partition coefficient (Wildman–Crippen LogP) is 3.72. The fraction of sp³-hybridized carbons (Fsp3) is 0.143. The quantitative estimate of drug-likeness (QED) is 0.901. The van der Waals surface area contributed by atoms with Crippen molar-refractivity contribution < 1.29 is 9.90 Å². The van der Waals surface area contributed by atoms with Gasteiger partial charge in [0.15, 0.2) is 0 Å². The molecule has 2 N–H and O–H groups in total. The van der Waals surface area contributed by atoms with E-state index in [4.69, 9.17) is 5.11 Å². The summed E-state index contributed by atoms with van der Waals surface area (Å²) in [6.07, 6.45) is 1.35. The van der Waals surface area contributed by atoms with Gasteiger partial charge in [0, 0.05) is 16.7 Å². The van der Waals surface area contributed by atoms with Gasteiger partial charge in [-0.3, -0.25) is 0 Å². The zero-order chi connectivity index (χ0) is 13.8. The van der Waals surface area contributed by atoms with E-state index in [2.05, 4.69) is 26.2 Å². The van der Waals surface area contributed by atoms with Crippen molar-refractivity contribution in [3.63, 3.8) is 0 Å². The van der Waals surface area contributed by atoms with Crippen LogP contribution in [0.4, 0.5) is 5.82 Å². The molecule has 1 aromatic heterocycles. The number of nitrogens with one attached hydrogen (secondary N) is 1. The van der Waals surface area contributed by atoms with E-state index in [1.165, 1.54) is 12.3 Å². The molecule has 4 nitrogen and oxygen atoms in total. The van der Waals surface area contributed by atoms with Crippen LogP contribution in [0.25, 0.3) is 0 Å². The Labute approximate surface area is 119 Å². The number of hydrogen-bond acceptors (Lipinski definition) is 3. The van der Waals surface area contributed by atoms with Gasteiger partial charge in [-0.1, -0.05) is 28.1 Å². The molecule has 98 valence electrons. The number of anilines is 1. The lowest BCUT2D eigenvalue weighted by atomic mass is 10.1. The Morgan fingerprint density at radius 3 is 2.47 bits per heavy atom. The van der Waals surface area contributed by atoms with Crippen molar-refractivity contribution >= 4 is 27.7 Å². The van der Waals surface area contributed by atoms with Crippen molar-refractivity contribution in [2.75, 3.05) is 5.32 Å². The topological polar surface area (TPSA) is 62.2 Å². The normalized spacial score (nSPS) is 11.9. The third-order valence-electron chi connectivity index (χ3n) is 2.74. The molecule has 0 fully saturated rings. The van der Waals surface area contributed by atoms with Crippen LogP contribution in [0.15, 0.2) is 47.1 Å². The van der Waals surface area contributed by atoms with Crippen molar-refractivity contribution in [3.05, 3.63) is 58.2 Å². The summed E-state index contributed by atoms with van der Waals surface area (Å²) in [5.41, 5.74) is 1.31. The summed E-state index contributed by atoms with van der Waals surface area (Å²) < 4.78 is 1.03. The van der Waals surface area contributed by atoms with Gasteiger partial charge in [0.1, 0.15) is 5.82 Å². The molecule has 0 spiro atoms. The number of hydrogen-bond donors (Lipinski definition) is 2. The van der Waals surface area contributed by atoms with E-state index in [0.29, 0.717) is 5.82 Å². The van der Waals surface area contributed by atoms with Crippen LogP contribution < -0.4 is 5.32 Å². The van der Waals surface area contributed by atoms with Gasteiger partial charge in [-0.05, 0) is 36.8 Å². The van der Waals surface area contributed by atoms with E-state index in [0.717, 1.165) is 10.0 Å². The van der Waals surface area contributed by atoms with Crippen LogP contribution in [-0.4, -0.2) is 16.1 Å². The van der Waals surface area contributed by atoms with E-state index in [1.54, 1.807) is 6.07 Å². The average molecular weight is 321 g/mol. The maximum Gasteiger partial charge on any atom is 0.337 e. The van der Waals surface area contributed by atoms with Gasteiger partial charge < -0.3 is 10.4 Å². The third kappa shape index (κ3) is 3.54. The number of benzene rings is 1. The zero-order valence-corrected chi connectivity index (χ0v) is 11.9. The number of carboxylic acids is 1. The minimum Gasteiger partial charge on any atom is -0.478 e. The molecule has 2 aromatic rings. The Kier molecular flexibility index (Phi) is 4.16. The Morgan fingerprint density at radius 1 is 1.26 bits per heavy atom. The number of pyridine rings is 1. The number of nitrogens with zero attached hydrogens (tertiary/aromatic N) is 1. The first-order valence-electron chi connectivity index (χ1n) is 5.77. The monoisotopic (exact) mass is 320 g/mol. The van der Waals surface area contributed by atoms with E-state index in [-0.39, 0.29) is 11.6 Å². The summed E-state index contributed by atoms with van der Waals surface area (Å²) in [4.78, 5) is 14.8.